The summed E-state index contributed by atoms with van der Waals surface area (Å²) in [7, 11) is 4.33. The molecule has 7 nitrogen and oxygen atoms in total. The van der Waals surface area contributed by atoms with Crippen LogP contribution in [0.3, 0.4) is 0 Å². The third-order valence-electron chi connectivity index (χ3n) is 7.19. The molecular formula is C27H47BrO7Si. The molecular weight excluding hydrogens is 544 g/mol. The van der Waals surface area contributed by atoms with Crippen molar-refractivity contribution in [2.24, 2.45) is 0 Å². The summed E-state index contributed by atoms with van der Waals surface area (Å²) in [6, 6.07) is 3.05. The van der Waals surface area contributed by atoms with Crippen LogP contribution in [0.4, 0.5) is 0 Å². The van der Waals surface area contributed by atoms with E-state index in [1.807, 2.05) is 11.1 Å². The first-order chi connectivity index (χ1) is 17.2. The van der Waals surface area contributed by atoms with Crippen LogP contribution in [0.2, 0.25) is 18.1 Å². The number of rotatable bonds is 16. The minimum atomic E-state index is -1.99. The van der Waals surface area contributed by atoms with Crippen LogP contribution in [0.5, 0.6) is 0 Å². The molecule has 0 bridgehead atoms. The zero-order valence-corrected chi connectivity index (χ0v) is 26.0. The Labute approximate surface area is 227 Å². The molecule has 0 N–H and O–H groups in total. The highest BCUT2D eigenvalue weighted by molar-refractivity contribution is 9.11. The van der Waals surface area contributed by atoms with Crippen molar-refractivity contribution in [3.05, 3.63) is 34.9 Å². The molecule has 1 aliphatic rings. The number of methoxy groups -OCH3 is 4. The number of carbonyl (C=O) groups excluding carboxylic acids is 1. The molecule has 0 unspecified atom stereocenters. The van der Waals surface area contributed by atoms with Gasteiger partial charge in [-0.05, 0) is 36.5 Å². The molecule has 0 spiro atoms. The van der Waals surface area contributed by atoms with Crippen molar-refractivity contribution in [1.82, 2.24) is 0 Å². The van der Waals surface area contributed by atoms with Crippen LogP contribution < -0.4 is 0 Å². The summed E-state index contributed by atoms with van der Waals surface area (Å²) in [5.41, 5.74) is 1.05. The Morgan fingerprint density at radius 1 is 1.17 bits per heavy atom. The van der Waals surface area contributed by atoms with Crippen LogP contribution in [0.25, 0.3) is 0 Å². The van der Waals surface area contributed by atoms with E-state index in [1.54, 1.807) is 21.3 Å². The van der Waals surface area contributed by atoms with Gasteiger partial charge in [0.25, 0.3) is 0 Å². The number of halogens is 1. The molecule has 1 heterocycles. The van der Waals surface area contributed by atoms with E-state index < -0.39 is 14.1 Å². The molecule has 1 saturated heterocycles. The SMILES string of the molecule is CC[Si](CC)(CC)O[C@H](/C=C(C)/C=C/[C@@H](C/C=C/Br)OC)[C@H]1C[C@@H](OC)C[C@](CC(=O)OC)(OC)O1. The smallest absolute Gasteiger partial charge is 0.310 e. The van der Waals surface area contributed by atoms with Gasteiger partial charge in [0, 0.05) is 34.2 Å². The largest absolute Gasteiger partial charge is 0.469 e. The summed E-state index contributed by atoms with van der Waals surface area (Å²) >= 11 is 3.31. The Bertz CT molecular complexity index is 729. The molecule has 1 aliphatic heterocycles. The first kappa shape index (κ1) is 33.2. The van der Waals surface area contributed by atoms with E-state index in [2.05, 4.69) is 61.9 Å². The lowest BCUT2D eigenvalue weighted by atomic mass is 9.92. The highest BCUT2D eigenvalue weighted by Crippen LogP contribution is 2.38. The summed E-state index contributed by atoms with van der Waals surface area (Å²) in [4.78, 5) is 14.1. The van der Waals surface area contributed by atoms with Crippen LogP contribution in [-0.2, 0) is 32.9 Å². The van der Waals surface area contributed by atoms with Gasteiger partial charge in [-0.1, -0.05) is 66.6 Å². The van der Waals surface area contributed by atoms with Gasteiger partial charge in [0.1, 0.15) is 0 Å². The van der Waals surface area contributed by atoms with Crippen LogP contribution in [0.1, 0.15) is 53.4 Å². The van der Waals surface area contributed by atoms with E-state index in [0.29, 0.717) is 12.8 Å². The van der Waals surface area contributed by atoms with Gasteiger partial charge in [0.05, 0.1) is 37.9 Å². The fourth-order valence-electron chi connectivity index (χ4n) is 4.57. The molecule has 0 aliphatic carbocycles. The lowest BCUT2D eigenvalue weighted by Gasteiger charge is -2.46. The summed E-state index contributed by atoms with van der Waals surface area (Å²) in [5.74, 6) is -1.52. The zero-order valence-electron chi connectivity index (χ0n) is 23.4. The van der Waals surface area contributed by atoms with Crippen molar-refractivity contribution in [1.29, 1.82) is 0 Å². The average molecular weight is 592 g/mol. The Hall–Kier alpha value is -0.813. The van der Waals surface area contributed by atoms with E-state index >= 15 is 0 Å². The lowest BCUT2D eigenvalue weighted by molar-refractivity contribution is -0.297. The van der Waals surface area contributed by atoms with Gasteiger partial charge < -0.3 is 28.1 Å². The van der Waals surface area contributed by atoms with Crippen molar-refractivity contribution in [3.8, 4) is 0 Å². The Morgan fingerprint density at radius 3 is 2.33 bits per heavy atom. The monoisotopic (exact) mass is 590 g/mol. The Morgan fingerprint density at radius 2 is 1.83 bits per heavy atom. The highest BCUT2D eigenvalue weighted by atomic mass is 79.9. The van der Waals surface area contributed by atoms with E-state index in [-0.39, 0.29) is 36.8 Å². The number of allylic oxidation sites excluding steroid dienone is 2. The molecule has 0 amide bonds. The maximum Gasteiger partial charge on any atom is 0.310 e. The second-order valence-electron chi connectivity index (χ2n) is 9.29. The molecule has 0 aromatic heterocycles. The van der Waals surface area contributed by atoms with Gasteiger partial charge in [-0.25, -0.2) is 0 Å². The van der Waals surface area contributed by atoms with Gasteiger partial charge in [-0.3, -0.25) is 4.79 Å². The van der Waals surface area contributed by atoms with E-state index in [0.717, 1.165) is 30.1 Å². The molecule has 5 atom stereocenters. The number of ether oxygens (including phenoxy) is 5. The quantitative estimate of drug-likeness (QED) is 0.119. The molecule has 0 aromatic carbocycles. The van der Waals surface area contributed by atoms with Gasteiger partial charge in [0.15, 0.2) is 14.1 Å². The minimum absolute atomic E-state index is 0.0137. The Kier molecular flexibility index (Phi) is 15.6. The van der Waals surface area contributed by atoms with E-state index in [1.165, 1.54) is 7.11 Å². The molecule has 0 saturated carbocycles. The van der Waals surface area contributed by atoms with Crippen molar-refractivity contribution < 1.29 is 32.9 Å². The van der Waals surface area contributed by atoms with Crippen molar-refractivity contribution in [3.63, 3.8) is 0 Å². The molecule has 36 heavy (non-hydrogen) atoms. The molecule has 9 heteroatoms. The second-order valence-corrected chi connectivity index (χ2v) is 14.5. The van der Waals surface area contributed by atoms with Gasteiger partial charge in [-0.15, -0.1) is 0 Å². The normalized spacial score (nSPS) is 25.4. The maximum atomic E-state index is 12.2. The average Bonchev–Trinajstić information content (AvgIpc) is 2.90. The van der Waals surface area contributed by atoms with Gasteiger partial charge in [0.2, 0.25) is 0 Å². The van der Waals surface area contributed by atoms with Crippen LogP contribution in [0, 0.1) is 0 Å². The van der Waals surface area contributed by atoms with E-state index in [9.17, 15) is 4.79 Å². The predicted octanol–water partition coefficient (Wildman–Crippen LogP) is 6.29. The summed E-state index contributed by atoms with van der Waals surface area (Å²) in [5, 5.41) is 0. The summed E-state index contributed by atoms with van der Waals surface area (Å²) in [6.45, 7) is 8.69. The fourth-order valence-corrected chi connectivity index (χ4v) is 7.58. The van der Waals surface area contributed by atoms with Crippen LogP contribution in [0.15, 0.2) is 34.9 Å². The molecule has 0 radical (unpaired) electrons. The third kappa shape index (κ3) is 10.2. The third-order valence-corrected chi connectivity index (χ3v) is 12.2. The topological polar surface area (TPSA) is 72.5 Å². The van der Waals surface area contributed by atoms with Crippen molar-refractivity contribution in [2.45, 2.75) is 102 Å². The molecule has 1 fully saturated rings. The molecule has 1 rings (SSSR count). The highest BCUT2D eigenvalue weighted by Gasteiger charge is 2.47. The number of hydrogen-bond donors (Lipinski definition) is 0. The molecule has 0 aromatic rings. The summed E-state index contributed by atoms with van der Waals surface area (Å²) in [6.07, 6.45) is 9.28. The predicted molar refractivity (Wildman–Crippen MR) is 150 cm³/mol. The molecule has 208 valence electrons. The summed E-state index contributed by atoms with van der Waals surface area (Å²) < 4.78 is 35.6. The van der Waals surface area contributed by atoms with Gasteiger partial charge in [-0.2, -0.15) is 0 Å². The first-order valence-corrected chi connectivity index (χ1v) is 16.3. The number of carbonyl (C=O) groups is 1. The Balaban J connectivity index is 3.39. The standard InChI is InChI=1S/C27H47BrO7Si/c1-9-36(10-2,11-3)35-25(17-21(4)14-15-22(30-5)13-12-16-28)24-18-23(31-6)19-27(33-8,34-24)20-26(29)32-7/h12,14-17,22-25H,9-11,13,18-20H2,1-8H3/b15-14+,16-12+,21-17+/t22-,23-,24-,25-,27+/m1/s1. The maximum absolute atomic E-state index is 12.2. The van der Waals surface area contributed by atoms with E-state index in [4.69, 9.17) is 28.1 Å². The van der Waals surface area contributed by atoms with Crippen LogP contribution >= 0.6 is 15.9 Å². The first-order valence-electron chi connectivity index (χ1n) is 12.8. The van der Waals surface area contributed by atoms with Gasteiger partial charge >= 0.3 is 5.97 Å². The fraction of sp³-hybridized carbons (Fsp3) is 0.741. The number of hydrogen-bond acceptors (Lipinski definition) is 7. The lowest BCUT2D eigenvalue weighted by Crippen LogP contribution is -2.54. The van der Waals surface area contributed by atoms with Crippen molar-refractivity contribution >= 4 is 30.2 Å². The second kappa shape index (κ2) is 16.9. The van der Waals surface area contributed by atoms with Crippen molar-refractivity contribution in [2.75, 3.05) is 28.4 Å². The minimum Gasteiger partial charge on any atom is -0.469 e. The zero-order chi connectivity index (χ0) is 27.2. The van der Waals surface area contributed by atoms with Crippen LogP contribution in [-0.4, -0.2) is 72.9 Å². The number of esters is 1.